The molecule has 19 atom stereocenters. The zero-order valence-corrected chi connectivity index (χ0v) is 23.1. The number of hydrogen-bond acceptors (Lipinski definition) is 19. The second-order valence-electron chi connectivity index (χ2n) is 11.1. The number of ether oxygens (including phenoxy) is 9. The Morgan fingerprint density at radius 2 is 1.32 bits per heavy atom. The van der Waals surface area contributed by atoms with Gasteiger partial charge < -0.3 is 93.7 Å². The standard InChI is InChI=1S/C24H38O20/c1-36-16-5(2-25)39-23(15(33)12(16)30)42-17-7(4-38-24-19(17)44-24)41-22-14(32)9(27)8(26)6(40-22)3-37-21-13(31)10(28)11(29)18(43-21)20(34)35/h5-19,21-33H,2-4H2,1H3,(H,34,35)/t5?,6?,7-,8-,9?,10?,11+,12?,13?,14?,15+,16-,17?,18?,19-,21+,22-,23+,24?/m1/s1. The number of aliphatic hydroxyl groups excluding tert-OH is 9. The first-order valence-corrected chi connectivity index (χ1v) is 13.8. The zero-order chi connectivity index (χ0) is 32.0. The summed E-state index contributed by atoms with van der Waals surface area (Å²) in [5, 5.41) is 102. The van der Waals surface area contributed by atoms with E-state index in [2.05, 4.69) is 0 Å². The number of fused-ring (bicyclic) bond motifs is 1. The predicted molar refractivity (Wildman–Crippen MR) is 130 cm³/mol. The van der Waals surface area contributed by atoms with Crippen molar-refractivity contribution < 1.29 is 98.5 Å². The Morgan fingerprint density at radius 1 is 0.705 bits per heavy atom. The molecular weight excluding hydrogens is 608 g/mol. The number of epoxide rings is 1. The Morgan fingerprint density at radius 3 is 1.98 bits per heavy atom. The average molecular weight is 647 g/mol. The van der Waals surface area contributed by atoms with Crippen molar-refractivity contribution in [1.82, 2.24) is 0 Å². The molecule has 5 saturated heterocycles. The van der Waals surface area contributed by atoms with E-state index < -0.39 is 136 Å². The second kappa shape index (κ2) is 13.9. The first-order valence-electron chi connectivity index (χ1n) is 13.8. The highest BCUT2D eigenvalue weighted by molar-refractivity contribution is 5.73. The third-order valence-corrected chi connectivity index (χ3v) is 8.20. The topological polar surface area (TPSA) is 306 Å². The van der Waals surface area contributed by atoms with E-state index in [4.69, 9.17) is 42.6 Å². The zero-order valence-electron chi connectivity index (χ0n) is 23.1. The summed E-state index contributed by atoms with van der Waals surface area (Å²) in [6, 6.07) is 0. The molecule has 5 rings (SSSR count). The summed E-state index contributed by atoms with van der Waals surface area (Å²) in [5.41, 5.74) is 0. The molecule has 0 spiro atoms. The van der Waals surface area contributed by atoms with Crippen LogP contribution in [-0.4, -0.2) is 201 Å². The van der Waals surface area contributed by atoms with E-state index in [9.17, 15) is 55.9 Å². The van der Waals surface area contributed by atoms with Crippen LogP contribution in [0.3, 0.4) is 0 Å². The molecular formula is C24H38O20. The fourth-order valence-electron chi connectivity index (χ4n) is 5.58. The molecule has 0 aromatic rings. The number of methoxy groups -OCH3 is 1. The maximum Gasteiger partial charge on any atom is 0.335 e. The first kappa shape index (κ1) is 34.1. The molecule has 20 heteroatoms. The minimum Gasteiger partial charge on any atom is -0.479 e. The van der Waals surface area contributed by atoms with Gasteiger partial charge in [-0.1, -0.05) is 0 Å². The highest BCUT2D eigenvalue weighted by Gasteiger charge is 2.58. The van der Waals surface area contributed by atoms with Crippen LogP contribution in [0, 0.1) is 0 Å². The van der Waals surface area contributed by atoms with Crippen molar-refractivity contribution in [2.45, 2.75) is 117 Å². The van der Waals surface area contributed by atoms with E-state index in [-0.39, 0.29) is 6.61 Å². The molecule has 44 heavy (non-hydrogen) atoms. The van der Waals surface area contributed by atoms with Crippen molar-refractivity contribution in [3.05, 3.63) is 0 Å². The summed E-state index contributed by atoms with van der Waals surface area (Å²) >= 11 is 0. The van der Waals surface area contributed by atoms with Crippen LogP contribution in [0.5, 0.6) is 0 Å². The van der Waals surface area contributed by atoms with Crippen molar-refractivity contribution in [2.75, 3.05) is 26.9 Å². The van der Waals surface area contributed by atoms with Crippen LogP contribution in [0.1, 0.15) is 0 Å². The van der Waals surface area contributed by atoms with Crippen molar-refractivity contribution in [3.8, 4) is 0 Å². The van der Waals surface area contributed by atoms with Crippen molar-refractivity contribution >= 4 is 5.97 Å². The molecule has 20 nitrogen and oxygen atoms in total. The van der Waals surface area contributed by atoms with Crippen molar-refractivity contribution in [3.63, 3.8) is 0 Å². The van der Waals surface area contributed by atoms with Gasteiger partial charge in [-0.2, -0.15) is 0 Å². The average Bonchev–Trinajstić information content (AvgIpc) is 3.79. The number of carboxylic acids is 1. The number of rotatable bonds is 10. The minimum absolute atomic E-state index is 0.202. The molecule has 254 valence electrons. The Labute approximate surface area is 248 Å². The Balaban J connectivity index is 1.24. The molecule has 0 aliphatic carbocycles. The Hall–Kier alpha value is -1.25. The van der Waals surface area contributed by atoms with E-state index in [1.165, 1.54) is 7.11 Å². The quantitative estimate of drug-likeness (QED) is 0.0986. The minimum atomic E-state index is -1.96. The molecule has 5 aliphatic heterocycles. The predicted octanol–water partition coefficient (Wildman–Crippen LogP) is -7.32. The van der Waals surface area contributed by atoms with Gasteiger partial charge in [-0.05, 0) is 0 Å². The van der Waals surface area contributed by atoms with Crippen LogP contribution in [0.2, 0.25) is 0 Å². The monoisotopic (exact) mass is 646 g/mol. The highest BCUT2D eigenvalue weighted by atomic mass is 16.8. The fraction of sp³-hybridized carbons (Fsp3) is 0.958. The number of aliphatic carboxylic acids is 1. The highest BCUT2D eigenvalue weighted by Crippen LogP contribution is 2.39. The van der Waals surface area contributed by atoms with E-state index in [1.807, 2.05) is 0 Å². The number of hydrogen-bond donors (Lipinski definition) is 10. The first-order chi connectivity index (χ1) is 20.9. The molecule has 0 amide bonds. The SMILES string of the molecule is CO[C@@H]1C(CO)O[C@@H](OC2[C@H]3OC3OC[C@H]2O[C@H]2OC(CO[C@H]3OC(C(=O)O)[C@@H](O)C(O)C3O)[C@@H](O)C(O)C2O)[C@@H](O)C1O. The second-order valence-corrected chi connectivity index (χ2v) is 11.1. The van der Waals surface area contributed by atoms with Crippen LogP contribution in [-0.2, 0) is 47.4 Å². The van der Waals surface area contributed by atoms with Gasteiger partial charge >= 0.3 is 5.97 Å². The normalized spacial score (nSPS) is 52.7. The lowest BCUT2D eigenvalue weighted by molar-refractivity contribution is -0.353. The van der Waals surface area contributed by atoms with Gasteiger partial charge in [-0.25, -0.2) is 4.79 Å². The van der Waals surface area contributed by atoms with Crippen molar-refractivity contribution in [2.24, 2.45) is 0 Å². The van der Waals surface area contributed by atoms with E-state index in [0.717, 1.165) is 0 Å². The summed E-state index contributed by atoms with van der Waals surface area (Å²) in [5.74, 6) is -1.64. The molecule has 5 aliphatic rings. The van der Waals surface area contributed by atoms with Crippen LogP contribution >= 0.6 is 0 Å². The molecule has 10 unspecified atom stereocenters. The maximum absolute atomic E-state index is 11.3. The van der Waals surface area contributed by atoms with Gasteiger partial charge in [0.2, 0.25) is 0 Å². The molecule has 5 fully saturated rings. The third-order valence-electron chi connectivity index (χ3n) is 8.20. The maximum atomic E-state index is 11.3. The lowest BCUT2D eigenvalue weighted by Gasteiger charge is -2.45. The fourth-order valence-corrected chi connectivity index (χ4v) is 5.58. The van der Waals surface area contributed by atoms with Crippen molar-refractivity contribution in [1.29, 1.82) is 0 Å². The third kappa shape index (κ3) is 6.60. The van der Waals surface area contributed by atoms with Gasteiger partial charge in [0.15, 0.2) is 31.3 Å². The van der Waals surface area contributed by atoms with Gasteiger partial charge in [-0.3, -0.25) is 0 Å². The molecule has 0 aromatic heterocycles. The van der Waals surface area contributed by atoms with Crippen LogP contribution in [0.25, 0.3) is 0 Å². The van der Waals surface area contributed by atoms with Crippen LogP contribution < -0.4 is 0 Å². The van der Waals surface area contributed by atoms with Crippen LogP contribution in [0.15, 0.2) is 0 Å². The lowest BCUT2D eigenvalue weighted by Crippen LogP contribution is -2.63. The molecule has 0 aromatic carbocycles. The van der Waals surface area contributed by atoms with Gasteiger partial charge in [0.05, 0.1) is 19.8 Å². The lowest BCUT2D eigenvalue weighted by atomic mass is 9.98. The molecule has 0 radical (unpaired) electrons. The summed E-state index contributed by atoms with van der Waals surface area (Å²) in [7, 11) is 1.27. The number of aliphatic hydroxyl groups is 9. The number of carbonyl (C=O) groups is 1. The summed E-state index contributed by atoms with van der Waals surface area (Å²) < 4.78 is 49.4. The molecule has 0 bridgehead atoms. The van der Waals surface area contributed by atoms with Crippen LogP contribution in [0.4, 0.5) is 0 Å². The van der Waals surface area contributed by atoms with Gasteiger partial charge in [0.25, 0.3) is 0 Å². The molecule has 0 saturated carbocycles. The van der Waals surface area contributed by atoms with Gasteiger partial charge in [0.1, 0.15) is 85.5 Å². The van der Waals surface area contributed by atoms with E-state index in [1.54, 1.807) is 0 Å². The van der Waals surface area contributed by atoms with Gasteiger partial charge in [-0.15, -0.1) is 0 Å². The Kier molecular flexibility index (Phi) is 10.7. The summed E-state index contributed by atoms with van der Waals surface area (Å²) in [6.07, 6.45) is -28.4. The molecule has 5 heterocycles. The molecule has 10 N–H and O–H groups in total. The van der Waals surface area contributed by atoms with E-state index in [0.29, 0.717) is 0 Å². The number of carboxylic acid groups (broad SMARTS) is 1. The summed E-state index contributed by atoms with van der Waals surface area (Å²) in [4.78, 5) is 11.3. The smallest absolute Gasteiger partial charge is 0.335 e. The van der Waals surface area contributed by atoms with Gasteiger partial charge in [0, 0.05) is 7.11 Å². The Bertz CT molecular complexity index is 972. The van der Waals surface area contributed by atoms with E-state index >= 15 is 0 Å². The summed E-state index contributed by atoms with van der Waals surface area (Å²) in [6.45, 7) is -1.45. The largest absolute Gasteiger partial charge is 0.479 e.